The van der Waals surface area contributed by atoms with E-state index in [0.29, 0.717) is 0 Å². The van der Waals surface area contributed by atoms with Crippen molar-refractivity contribution in [2.24, 2.45) is 0 Å². The van der Waals surface area contributed by atoms with E-state index in [0.717, 1.165) is 5.69 Å². The summed E-state index contributed by atoms with van der Waals surface area (Å²) < 4.78 is 0. The second kappa shape index (κ2) is 3.79. The van der Waals surface area contributed by atoms with Crippen molar-refractivity contribution in [3.05, 3.63) is 46.8 Å². The highest BCUT2D eigenvalue weighted by molar-refractivity contribution is 5.62. The number of rotatable bonds is 3. The maximum atomic E-state index is 10.6. The van der Waals surface area contributed by atoms with E-state index in [1.807, 2.05) is 18.2 Å². The highest BCUT2D eigenvalue weighted by atomic mass is 16.6. The third-order valence-electron chi connectivity index (χ3n) is 1.84. The molecule has 2 aromatic rings. The first-order chi connectivity index (χ1) is 7.27. The number of H-pyrrole nitrogens is 1. The van der Waals surface area contributed by atoms with E-state index in [1.54, 1.807) is 12.1 Å². The van der Waals surface area contributed by atoms with Gasteiger partial charge in [-0.15, -0.1) is 0 Å². The topological polar surface area (TPSA) is 83.8 Å². The van der Waals surface area contributed by atoms with Gasteiger partial charge in [0.25, 0.3) is 0 Å². The zero-order chi connectivity index (χ0) is 10.7. The lowest BCUT2D eigenvalue weighted by molar-refractivity contribution is -0.388. The largest absolute Gasteiger partial charge is 0.365 e. The number of aromatic nitrogens is 2. The van der Waals surface area contributed by atoms with Crippen LogP contribution in [0.4, 0.5) is 17.3 Å². The lowest BCUT2D eigenvalue weighted by atomic mass is 10.3. The average molecular weight is 204 g/mol. The molecule has 0 aliphatic heterocycles. The van der Waals surface area contributed by atoms with Crippen LogP contribution in [0, 0.1) is 10.1 Å². The maximum Gasteiger partial charge on any atom is 0.365 e. The molecule has 0 aliphatic rings. The van der Waals surface area contributed by atoms with E-state index in [9.17, 15) is 10.1 Å². The summed E-state index contributed by atoms with van der Waals surface area (Å²) in [5.41, 5.74) is 0.757. The Kier molecular flexibility index (Phi) is 2.32. The molecule has 2 rings (SSSR count). The van der Waals surface area contributed by atoms with Gasteiger partial charge in [-0.2, -0.15) is 4.98 Å². The van der Waals surface area contributed by atoms with Crippen LogP contribution >= 0.6 is 0 Å². The van der Waals surface area contributed by atoms with Crippen molar-refractivity contribution >= 4 is 17.3 Å². The van der Waals surface area contributed by atoms with E-state index in [4.69, 9.17) is 0 Å². The molecule has 6 nitrogen and oxygen atoms in total. The summed E-state index contributed by atoms with van der Waals surface area (Å²) in [6.45, 7) is 0. The highest BCUT2D eigenvalue weighted by Gasteiger charge is 2.14. The Hall–Kier alpha value is -2.37. The van der Waals surface area contributed by atoms with E-state index in [2.05, 4.69) is 15.3 Å². The monoisotopic (exact) mass is 204 g/mol. The van der Waals surface area contributed by atoms with Gasteiger partial charge in [-0.25, -0.2) is 4.98 Å². The van der Waals surface area contributed by atoms with Crippen LogP contribution in [0.15, 0.2) is 36.7 Å². The van der Waals surface area contributed by atoms with Gasteiger partial charge in [0.2, 0.25) is 5.82 Å². The van der Waals surface area contributed by atoms with Gasteiger partial charge in [-0.05, 0) is 17.1 Å². The number of aromatic amines is 1. The van der Waals surface area contributed by atoms with Crippen molar-refractivity contribution in [2.75, 3.05) is 5.32 Å². The maximum absolute atomic E-state index is 10.6. The summed E-state index contributed by atoms with van der Waals surface area (Å²) in [4.78, 5) is 16.3. The minimum absolute atomic E-state index is 0.140. The van der Waals surface area contributed by atoms with Crippen LogP contribution in [0.2, 0.25) is 0 Å². The van der Waals surface area contributed by atoms with Crippen molar-refractivity contribution in [3.8, 4) is 0 Å². The Morgan fingerprint density at radius 2 is 2.07 bits per heavy atom. The number of benzene rings is 1. The molecule has 1 heterocycles. The van der Waals surface area contributed by atoms with E-state index in [-0.39, 0.29) is 11.6 Å². The number of anilines is 2. The van der Waals surface area contributed by atoms with Gasteiger partial charge in [-0.1, -0.05) is 18.2 Å². The third kappa shape index (κ3) is 1.93. The van der Waals surface area contributed by atoms with Crippen molar-refractivity contribution in [3.63, 3.8) is 0 Å². The standard InChI is InChI=1S/C9H8N4O2/c14-13(15)9-8(10-6-11-9)12-7-4-2-1-3-5-7/h1-6,12H,(H,10,11). The van der Waals surface area contributed by atoms with Crippen molar-refractivity contribution in [2.45, 2.75) is 0 Å². The number of imidazole rings is 1. The first-order valence-corrected chi connectivity index (χ1v) is 4.27. The number of hydrogen-bond donors (Lipinski definition) is 2. The second-order valence-electron chi connectivity index (χ2n) is 2.85. The van der Waals surface area contributed by atoms with Crippen LogP contribution in [-0.2, 0) is 0 Å². The summed E-state index contributed by atoms with van der Waals surface area (Å²) in [5, 5.41) is 13.4. The van der Waals surface area contributed by atoms with E-state index < -0.39 is 4.92 Å². The smallest absolute Gasteiger partial charge is 0.358 e. The van der Waals surface area contributed by atoms with E-state index >= 15 is 0 Å². The molecule has 0 spiro atoms. The van der Waals surface area contributed by atoms with Crippen LogP contribution in [-0.4, -0.2) is 14.9 Å². The van der Waals surface area contributed by atoms with Gasteiger partial charge in [0.05, 0.1) is 0 Å². The van der Waals surface area contributed by atoms with Crippen LogP contribution in [0.1, 0.15) is 0 Å². The number of nitrogens with one attached hydrogen (secondary N) is 2. The summed E-state index contributed by atoms with van der Waals surface area (Å²) in [5.74, 6) is 0.0741. The number of nitrogens with zero attached hydrogens (tertiary/aromatic N) is 2. The van der Waals surface area contributed by atoms with Gasteiger partial charge in [-0.3, -0.25) is 0 Å². The van der Waals surface area contributed by atoms with Crippen LogP contribution in [0.25, 0.3) is 0 Å². The molecule has 15 heavy (non-hydrogen) atoms. The highest BCUT2D eigenvalue weighted by Crippen LogP contribution is 2.22. The molecule has 0 unspecified atom stereocenters. The quantitative estimate of drug-likeness (QED) is 0.592. The molecule has 1 aromatic carbocycles. The molecule has 0 amide bonds. The Morgan fingerprint density at radius 3 is 2.73 bits per heavy atom. The zero-order valence-electron chi connectivity index (χ0n) is 7.68. The first kappa shape index (κ1) is 9.20. The summed E-state index contributed by atoms with van der Waals surface area (Å²) in [6, 6.07) is 9.14. The van der Waals surface area contributed by atoms with Gasteiger partial charge in [0.15, 0.2) is 6.33 Å². The Bertz CT molecular complexity index is 466. The molecule has 76 valence electrons. The molecule has 0 saturated carbocycles. The molecule has 2 N–H and O–H groups in total. The minimum Gasteiger partial charge on any atom is -0.358 e. The molecule has 0 saturated heterocycles. The Labute approximate surface area is 85.1 Å². The number of para-hydroxylation sites is 1. The molecule has 6 heteroatoms. The Balaban J connectivity index is 2.25. The second-order valence-corrected chi connectivity index (χ2v) is 2.85. The SMILES string of the molecule is O=[N+]([O-])c1[nH]cnc1Nc1ccccc1. The molecule has 0 bridgehead atoms. The summed E-state index contributed by atoms with van der Waals surface area (Å²) >= 11 is 0. The fourth-order valence-electron chi connectivity index (χ4n) is 1.18. The molecule has 0 fully saturated rings. The zero-order valence-corrected chi connectivity index (χ0v) is 7.68. The van der Waals surface area contributed by atoms with Crippen LogP contribution < -0.4 is 5.32 Å². The van der Waals surface area contributed by atoms with Crippen LogP contribution in [0.3, 0.4) is 0 Å². The van der Waals surface area contributed by atoms with Crippen molar-refractivity contribution in [1.29, 1.82) is 0 Å². The fourth-order valence-corrected chi connectivity index (χ4v) is 1.18. The summed E-state index contributed by atoms with van der Waals surface area (Å²) in [6.07, 6.45) is 1.28. The molecule has 0 radical (unpaired) electrons. The molecule has 1 aromatic heterocycles. The molecule has 0 atom stereocenters. The van der Waals surface area contributed by atoms with Gasteiger partial charge in [0, 0.05) is 5.69 Å². The first-order valence-electron chi connectivity index (χ1n) is 4.27. The third-order valence-corrected chi connectivity index (χ3v) is 1.84. The lowest BCUT2D eigenvalue weighted by Gasteiger charge is -2.01. The Morgan fingerprint density at radius 1 is 1.33 bits per heavy atom. The average Bonchev–Trinajstić information content (AvgIpc) is 2.67. The lowest BCUT2D eigenvalue weighted by Crippen LogP contribution is -1.95. The fraction of sp³-hybridized carbons (Fsp3) is 0. The predicted molar refractivity (Wildman–Crippen MR) is 55.0 cm³/mol. The molecular formula is C9H8N4O2. The van der Waals surface area contributed by atoms with Gasteiger partial charge < -0.3 is 15.4 Å². The van der Waals surface area contributed by atoms with Gasteiger partial charge >= 0.3 is 5.82 Å². The number of hydrogen-bond acceptors (Lipinski definition) is 4. The molecular weight excluding hydrogens is 196 g/mol. The van der Waals surface area contributed by atoms with Crippen molar-refractivity contribution < 1.29 is 4.92 Å². The molecule has 0 aliphatic carbocycles. The normalized spacial score (nSPS) is 9.87. The van der Waals surface area contributed by atoms with Gasteiger partial charge in [0.1, 0.15) is 0 Å². The van der Waals surface area contributed by atoms with E-state index in [1.165, 1.54) is 6.33 Å². The van der Waals surface area contributed by atoms with Crippen molar-refractivity contribution in [1.82, 2.24) is 9.97 Å². The summed E-state index contributed by atoms with van der Waals surface area (Å²) in [7, 11) is 0. The van der Waals surface area contributed by atoms with Crippen LogP contribution in [0.5, 0.6) is 0 Å². The number of nitro groups is 1. The minimum atomic E-state index is -0.516. The predicted octanol–water partition coefficient (Wildman–Crippen LogP) is 2.06.